The molecule has 2 saturated carbocycles. The molecule has 0 N–H and O–H groups in total. The van der Waals surface area contributed by atoms with E-state index in [1.54, 1.807) is 24.3 Å². The van der Waals surface area contributed by atoms with Crippen LogP contribution in [-0.2, 0) is 9.59 Å². The van der Waals surface area contributed by atoms with Crippen molar-refractivity contribution in [2.75, 3.05) is 6.54 Å². The summed E-state index contributed by atoms with van der Waals surface area (Å²) in [6.07, 6.45) is 2.49. The van der Waals surface area contributed by atoms with Crippen LogP contribution in [0.3, 0.4) is 0 Å². The van der Waals surface area contributed by atoms with Crippen molar-refractivity contribution in [2.45, 2.75) is 26.2 Å². The van der Waals surface area contributed by atoms with Crippen LogP contribution in [0.1, 0.15) is 55.9 Å². The molecule has 3 amide bonds. The Balaban J connectivity index is 1.24. The molecule has 0 aromatic heterocycles. The second-order valence-electron chi connectivity index (χ2n) is 11.2. The Hall–Kier alpha value is -5.19. The van der Waals surface area contributed by atoms with Crippen LogP contribution >= 0.6 is 0 Å². The van der Waals surface area contributed by atoms with Crippen molar-refractivity contribution >= 4 is 35.2 Å². The molecular formula is C32H27N3O8. The predicted molar refractivity (Wildman–Crippen MR) is 151 cm³/mol. The third-order valence-electron chi connectivity index (χ3n) is 8.67. The Morgan fingerprint density at radius 1 is 0.837 bits per heavy atom. The lowest BCUT2D eigenvalue weighted by atomic mass is 9.81. The molecule has 3 aliphatic rings. The van der Waals surface area contributed by atoms with Gasteiger partial charge in [0, 0.05) is 23.3 Å². The number of amides is 3. The van der Waals surface area contributed by atoms with Gasteiger partial charge in [-0.15, -0.1) is 0 Å². The summed E-state index contributed by atoms with van der Waals surface area (Å²) in [6, 6.07) is 17.3. The number of hydrogen-bond donors (Lipinski definition) is 0. The summed E-state index contributed by atoms with van der Waals surface area (Å²) in [5, 5.41) is 12.8. The van der Waals surface area contributed by atoms with Gasteiger partial charge in [0.15, 0.2) is 5.78 Å². The number of hydrogen-bond acceptors (Lipinski definition) is 8. The van der Waals surface area contributed by atoms with Crippen molar-refractivity contribution < 1.29 is 33.6 Å². The molecule has 0 unspecified atom stereocenters. The molecule has 218 valence electrons. The fourth-order valence-electron chi connectivity index (χ4n) is 6.53. The van der Waals surface area contributed by atoms with Crippen LogP contribution < -0.4 is 4.74 Å². The first-order valence-electron chi connectivity index (χ1n) is 14.0. The van der Waals surface area contributed by atoms with Crippen molar-refractivity contribution in [3.63, 3.8) is 0 Å². The van der Waals surface area contributed by atoms with Crippen molar-refractivity contribution in [1.82, 2.24) is 10.0 Å². The van der Waals surface area contributed by atoms with Gasteiger partial charge in [0.2, 0.25) is 0 Å². The number of hydrazine groups is 1. The number of non-ortho nitro benzene ring substituents is 1. The first-order chi connectivity index (χ1) is 20.6. The molecule has 1 aliphatic heterocycles. The van der Waals surface area contributed by atoms with Gasteiger partial charge < -0.3 is 4.74 Å². The lowest BCUT2D eigenvalue weighted by Gasteiger charge is -2.30. The number of nitro benzene ring substituents is 1. The highest BCUT2D eigenvalue weighted by molar-refractivity contribution is 6.10. The van der Waals surface area contributed by atoms with E-state index in [1.807, 2.05) is 6.92 Å². The summed E-state index contributed by atoms with van der Waals surface area (Å²) in [5.74, 6) is -3.62. The number of carbonyl (C=O) groups excluding carboxylic acids is 5. The molecule has 3 aromatic carbocycles. The summed E-state index contributed by atoms with van der Waals surface area (Å²) in [4.78, 5) is 77.2. The number of nitro groups is 1. The van der Waals surface area contributed by atoms with E-state index < -0.39 is 52.8 Å². The van der Waals surface area contributed by atoms with Gasteiger partial charge in [0.25, 0.3) is 23.4 Å². The van der Waals surface area contributed by atoms with E-state index >= 15 is 0 Å². The smallest absolute Gasteiger partial charge is 0.343 e. The van der Waals surface area contributed by atoms with Crippen molar-refractivity contribution in [3.8, 4) is 5.75 Å². The molecule has 4 atom stereocenters. The predicted octanol–water partition coefficient (Wildman–Crippen LogP) is 4.39. The van der Waals surface area contributed by atoms with Gasteiger partial charge in [-0.25, -0.2) is 9.80 Å². The van der Waals surface area contributed by atoms with Crippen LogP contribution in [0.4, 0.5) is 5.69 Å². The Morgan fingerprint density at radius 3 is 1.93 bits per heavy atom. The van der Waals surface area contributed by atoms with Gasteiger partial charge in [0.1, 0.15) is 12.3 Å². The molecule has 43 heavy (non-hydrogen) atoms. The molecule has 11 nitrogen and oxygen atoms in total. The van der Waals surface area contributed by atoms with Crippen LogP contribution in [0.2, 0.25) is 0 Å². The van der Waals surface area contributed by atoms with Crippen LogP contribution in [0.15, 0.2) is 72.8 Å². The summed E-state index contributed by atoms with van der Waals surface area (Å²) in [7, 11) is 0. The number of rotatable bonds is 8. The number of carbonyl (C=O) groups is 5. The standard InChI is InChI=1S/C32H27N3O8/c1-18-2-4-21(5-3-18)32(40)43-25-14-10-19(11-15-25)26(36)17-33(29(37)20-8-12-24(13-9-20)35(41)42)34-30(38)27-22-6-7-23(16-22)28(27)31(34)39/h2-5,8-15,22-23,27-28H,6-7,16-17H2,1H3/t22-,23-,27-,28+/m0/s1. The zero-order chi connectivity index (χ0) is 30.4. The first-order valence-corrected chi connectivity index (χ1v) is 14.0. The van der Waals surface area contributed by atoms with Gasteiger partial charge >= 0.3 is 5.97 Å². The number of nitrogens with zero attached hydrogens (tertiary/aromatic N) is 3. The molecule has 2 aliphatic carbocycles. The van der Waals surface area contributed by atoms with E-state index in [0.717, 1.165) is 47.0 Å². The molecular weight excluding hydrogens is 554 g/mol. The van der Waals surface area contributed by atoms with E-state index in [0.29, 0.717) is 5.56 Å². The SMILES string of the molecule is Cc1ccc(C(=O)Oc2ccc(C(=O)CN(C(=O)c3ccc([N+](=O)[O-])cc3)N3C(=O)[C@@H]4[C@H]5CC[C@@H](C5)[C@@H]4C3=O)cc2)cc1. The van der Waals surface area contributed by atoms with E-state index in [1.165, 1.54) is 36.4 Å². The minimum absolute atomic E-state index is 0.0163. The quantitative estimate of drug-likeness (QED) is 0.0951. The molecule has 0 spiro atoms. The molecule has 3 aromatic rings. The van der Waals surface area contributed by atoms with Crippen LogP contribution in [0, 0.1) is 40.7 Å². The van der Waals surface area contributed by atoms with E-state index in [2.05, 4.69) is 0 Å². The third-order valence-corrected chi connectivity index (χ3v) is 8.67. The monoisotopic (exact) mass is 581 g/mol. The summed E-state index contributed by atoms with van der Waals surface area (Å²) >= 11 is 0. The van der Waals surface area contributed by atoms with E-state index in [4.69, 9.17) is 4.74 Å². The highest BCUT2D eigenvalue weighted by Crippen LogP contribution is 2.56. The largest absolute Gasteiger partial charge is 0.423 e. The van der Waals surface area contributed by atoms with Gasteiger partial charge in [-0.05, 0) is 86.6 Å². The van der Waals surface area contributed by atoms with Gasteiger partial charge in [-0.1, -0.05) is 17.7 Å². The number of aryl methyl sites for hydroxylation is 1. The number of ether oxygens (including phenoxy) is 1. The maximum absolute atomic E-state index is 13.7. The fraction of sp³-hybridized carbons (Fsp3) is 0.281. The normalized spacial score (nSPS) is 21.9. The zero-order valence-corrected chi connectivity index (χ0v) is 23.2. The molecule has 2 bridgehead atoms. The van der Waals surface area contributed by atoms with E-state index in [-0.39, 0.29) is 34.4 Å². The minimum atomic E-state index is -0.805. The maximum Gasteiger partial charge on any atom is 0.343 e. The molecule has 3 fully saturated rings. The van der Waals surface area contributed by atoms with Crippen molar-refractivity contribution in [2.24, 2.45) is 23.7 Å². The first kappa shape index (κ1) is 28.0. The van der Waals surface area contributed by atoms with Crippen LogP contribution in [0.25, 0.3) is 0 Å². The minimum Gasteiger partial charge on any atom is -0.423 e. The summed E-state index contributed by atoms with van der Waals surface area (Å²) in [5.41, 5.74) is 1.27. The zero-order valence-electron chi connectivity index (χ0n) is 23.2. The lowest BCUT2D eigenvalue weighted by molar-refractivity contribution is -0.384. The number of benzene rings is 3. The van der Waals surface area contributed by atoms with Gasteiger partial charge in [-0.2, -0.15) is 5.01 Å². The number of ketones is 1. The number of fused-ring (bicyclic) bond motifs is 5. The molecule has 11 heteroatoms. The highest BCUT2D eigenvalue weighted by atomic mass is 16.6. The molecule has 0 radical (unpaired) electrons. The fourth-order valence-corrected chi connectivity index (χ4v) is 6.53. The Kier molecular flexibility index (Phi) is 7.09. The van der Waals surface area contributed by atoms with Crippen molar-refractivity contribution in [3.05, 3.63) is 105 Å². The Labute approximate surface area is 246 Å². The number of esters is 1. The summed E-state index contributed by atoms with van der Waals surface area (Å²) in [6.45, 7) is 1.28. The molecule has 1 heterocycles. The molecule has 6 rings (SSSR count). The van der Waals surface area contributed by atoms with Gasteiger partial charge in [0.05, 0.1) is 22.3 Å². The number of Topliss-reactive ketones (excluding diaryl/α,β-unsaturated/α-hetero) is 1. The maximum atomic E-state index is 13.7. The van der Waals surface area contributed by atoms with Crippen molar-refractivity contribution in [1.29, 1.82) is 0 Å². The van der Waals surface area contributed by atoms with Gasteiger partial charge in [-0.3, -0.25) is 29.3 Å². The second kappa shape index (κ2) is 10.9. The lowest BCUT2D eigenvalue weighted by Crippen LogP contribution is -2.52. The topological polar surface area (TPSA) is 144 Å². The Bertz CT molecular complexity index is 1620. The van der Waals surface area contributed by atoms with E-state index in [9.17, 15) is 34.1 Å². The van der Waals surface area contributed by atoms with Crippen LogP contribution in [0.5, 0.6) is 5.75 Å². The number of imide groups is 1. The molecule has 1 saturated heterocycles. The average Bonchev–Trinajstić information content (AvgIpc) is 3.70. The average molecular weight is 582 g/mol. The summed E-state index contributed by atoms with van der Waals surface area (Å²) < 4.78 is 5.40. The highest BCUT2D eigenvalue weighted by Gasteiger charge is 2.62. The third kappa shape index (κ3) is 5.07. The van der Waals surface area contributed by atoms with Crippen LogP contribution in [-0.4, -0.2) is 51.0 Å². The Morgan fingerprint density at radius 2 is 1.37 bits per heavy atom. The second-order valence-corrected chi connectivity index (χ2v) is 11.2.